The highest BCUT2D eigenvalue weighted by atomic mass is 32.2. The number of ether oxygens (including phenoxy) is 2. The molecule has 1 N–H and O–H groups in total. The van der Waals surface area contributed by atoms with Gasteiger partial charge in [-0.2, -0.15) is 0 Å². The first-order valence-electron chi connectivity index (χ1n) is 13.8. The van der Waals surface area contributed by atoms with Gasteiger partial charge in [-0.15, -0.1) is 0 Å². The Labute approximate surface area is 249 Å². The van der Waals surface area contributed by atoms with Gasteiger partial charge in [0.05, 0.1) is 24.8 Å². The van der Waals surface area contributed by atoms with Crippen molar-refractivity contribution in [1.82, 2.24) is 10.2 Å². The third-order valence-corrected chi connectivity index (χ3v) is 8.78. The van der Waals surface area contributed by atoms with E-state index in [2.05, 4.69) is 5.32 Å². The van der Waals surface area contributed by atoms with Crippen molar-refractivity contribution in [3.63, 3.8) is 0 Å². The monoisotopic (exact) mass is 595 g/mol. The van der Waals surface area contributed by atoms with Gasteiger partial charge in [-0.1, -0.05) is 55.8 Å². The summed E-state index contributed by atoms with van der Waals surface area (Å²) in [6.07, 6.45) is 0. The summed E-state index contributed by atoms with van der Waals surface area (Å²) >= 11 is 0. The quantitative estimate of drug-likeness (QED) is 0.307. The maximum atomic E-state index is 14.1. The minimum absolute atomic E-state index is 0.0314. The molecule has 0 aliphatic carbocycles. The number of aryl methyl sites for hydroxylation is 2. The average molecular weight is 596 g/mol. The second-order valence-electron chi connectivity index (χ2n) is 10.6. The van der Waals surface area contributed by atoms with Crippen LogP contribution in [0.15, 0.2) is 71.6 Å². The van der Waals surface area contributed by atoms with Crippen LogP contribution in [0.2, 0.25) is 0 Å². The van der Waals surface area contributed by atoms with Crippen LogP contribution < -0.4 is 19.1 Å². The number of carbonyl (C=O) groups is 2. The van der Waals surface area contributed by atoms with Gasteiger partial charge in [-0.05, 0) is 62.1 Å². The Kier molecular flexibility index (Phi) is 11.0. The Morgan fingerprint density at radius 2 is 1.52 bits per heavy atom. The first-order valence-corrected chi connectivity index (χ1v) is 15.3. The molecule has 2 amide bonds. The number of benzene rings is 3. The van der Waals surface area contributed by atoms with E-state index in [9.17, 15) is 18.0 Å². The van der Waals surface area contributed by atoms with Crippen LogP contribution in [0.3, 0.4) is 0 Å². The molecule has 0 radical (unpaired) electrons. The van der Waals surface area contributed by atoms with Gasteiger partial charge in [0.1, 0.15) is 12.6 Å². The van der Waals surface area contributed by atoms with E-state index in [4.69, 9.17) is 9.47 Å². The number of nitrogens with one attached hydrogen (secondary N) is 1. The third kappa shape index (κ3) is 7.82. The predicted octanol–water partition coefficient (Wildman–Crippen LogP) is 4.71. The lowest BCUT2D eigenvalue weighted by Crippen LogP contribution is -2.51. The second kappa shape index (κ2) is 14.2. The first-order chi connectivity index (χ1) is 19.9. The normalized spacial score (nSPS) is 12.0. The SMILES string of the molecule is COc1ccc(N(CC(=O)N(Cc2ccccc2C)[C@@H](C)C(=O)NCC(C)C)S(=O)(=O)c2ccc(C)cc2)cc1OC. The third-order valence-electron chi connectivity index (χ3n) is 7.00. The summed E-state index contributed by atoms with van der Waals surface area (Å²) in [6, 6.07) is 17.8. The molecule has 10 heteroatoms. The lowest BCUT2D eigenvalue weighted by Gasteiger charge is -2.32. The summed E-state index contributed by atoms with van der Waals surface area (Å²) in [5, 5.41) is 2.90. The zero-order chi connectivity index (χ0) is 31.0. The van der Waals surface area contributed by atoms with Crippen LogP contribution in [0.1, 0.15) is 37.5 Å². The van der Waals surface area contributed by atoms with Crippen molar-refractivity contribution in [2.45, 2.75) is 52.1 Å². The van der Waals surface area contributed by atoms with E-state index < -0.39 is 28.5 Å². The van der Waals surface area contributed by atoms with E-state index in [-0.39, 0.29) is 29.0 Å². The zero-order valence-electron chi connectivity index (χ0n) is 25.4. The molecule has 3 aromatic rings. The average Bonchev–Trinajstić information content (AvgIpc) is 2.97. The van der Waals surface area contributed by atoms with Crippen LogP contribution in [-0.2, 0) is 26.2 Å². The van der Waals surface area contributed by atoms with Crippen molar-refractivity contribution in [3.8, 4) is 11.5 Å². The lowest BCUT2D eigenvalue weighted by atomic mass is 10.1. The molecule has 0 heterocycles. The summed E-state index contributed by atoms with van der Waals surface area (Å²) < 4.78 is 39.9. The van der Waals surface area contributed by atoms with Crippen molar-refractivity contribution in [3.05, 3.63) is 83.4 Å². The zero-order valence-corrected chi connectivity index (χ0v) is 26.2. The van der Waals surface area contributed by atoms with Gasteiger partial charge in [-0.3, -0.25) is 13.9 Å². The Hall–Kier alpha value is -4.05. The molecule has 0 saturated carbocycles. The summed E-state index contributed by atoms with van der Waals surface area (Å²) in [6.45, 7) is 9.46. The summed E-state index contributed by atoms with van der Waals surface area (Å²) in [5.41, 5.74) is 2.92. The fourth-order valence-electron chi connectivity index (χ4n) is 4.35. The molecule has 42 heavy (non-hydrogen) atoms. The standard InChI is InChI=1S/C32H41N3O6S/c1-22(2)19-33-32(37)25(5)34(20-26-11-9-8-10-24(26)4)31(36)21-35(27-14-17-29(40-6)30(18-27)41-7)42(38,39)28-15-12-23(3)13-16-28/h8-18,22,25H,19-21H2,1-7H3,(H,33,37)/t25-/m0/s1. The fourth-order valence-corrected chi connectivity index (χ4v) is 5.76. The number of rotatable bonds is 13. The van der Waals surface area contributed by atoms with Crippen LogP contribution >= 0.6 is 0 Å². The van der Waals surface area contributed by atoms with Gasteiger partial charge in [0, 0.05) is 19.2 Å². The van der Waals surface area contributed by atoms with Crippen molar-refractivity contribution in [1.29, 1.82) is 0 Å². The van der Waals surface area contributed by atoms with Crippen LogP contribution in [0.5, 0.6) is 11.5 Å². The molecular weight excluding hydrogens is 554 g/mol. The van der Waals surface area contributed by atoms with Crippen LogP contribution in [0.4, 0.5) is 5.69 Å². The van der Waals surface area contributed by atoms with Crippen LogP contribution in [-0.4, -0.2) is 58.5 Å². The number of anilines is 1. The molecule has 0 aliphatic rings. The van der Waals surface area contributed by atoms with E-state index in [1.54, 1.807) is 31.2 Å². The largest absolute Gasteiger partial charge is 0.493 e. The number of nitrogens with zero attached hydrogens (tertiary/aromatic N) is 2. The fraction of sp³-hybridized carbons (Fsp3) is 0.375. The van der Waals surface area contributed by atoms with Crippen LogP contribution in [0.25, 0.3) is 0 Å². The molecule has 3 aromatic carbocycles. The van der Waals surface area contributed by atoms with Crippen molar-refractivity contribution in [2.24, 2.45) is 5.92 Å². The summed E-state index contributed by atoms with van der Waals surface area (Å²) in [7, 11) is -1.27. The number of amides is 2. The molecule has 0 spiro atoms. The van der Waals surface area contributed by atoms with Gasteiger partial charge >= 0.3 is 0 Å². The Morgan fingerprint density at radius 3 is 2.12 bits per heavy atom. The summed E-state index contributed by atoms with van der Waals surface area (Å²) in [4.78, 5) is 28.7. The molecule has 226 valence electrons. The first kappa shape index (κ1) is 32.5. The van der Waals surface area contributed by atoms with Crippen LogP contribution in [0, 0.1) is 19.8 Å². The Bertz CT molecular complexity index is 1490. The van der Waals surface area contributed by atoms with E-state index in [0.717, 1.165) is 21.0 Å². The Morgan fingerprint density at radius 1 is 0.881 bits per heavy atom. The van der Waals surface area contributed by atoms with Gasteiger partial charge in [0.25, 0.3) is 10.0 Å². The highest BCUT2D eigenvalue weighted by Gasteiger charge is 2.33. The topological polar surface area (TPSA) is 105 Å². The van der Waals surface area contributed by atoms with Gasteiger partial charge < -0.3 is 19.7 Å². The molecule has 0 aromatic heterocycles. The van der Waals surface area contributed by atoms with Crippen molar-refractivity contribution < 1.29 is 27.5 Å². The number of hydrogen-bond donors (Lipinski definition) is 1. The Balaban J connectivity index is 2.08. The van der Waals surface area contributed by atoms with Gasteiger partial charge in [0.15, 0.2) is 11.5 Å². The molecule has 0 unspecified atom stereocenters. The predicted molar refractivity (Wildman–Crippen MR) is 164 cm³/mol. The lowest BCUT2D eigenvalue weighted by molar-refractivity contribution is -0.139. The molecule has 0 fully saturated rings. The minimum atomic E-state index is -4.20. The maximum Gasteiger partial charge on any atom is 0.264 e. The molecule has 1 atom stereocenters. The van der Waals surface area contributed by atoms with E-state index in [1.165, 1.54) is 37.3 Å². The number of hydrogen-bond acceptors (Lipinski definition) is 6. The van der Waals surface area contributed by atoms with E-state index in [1.807, 2.05) is 52.0 Å². The number of carbonyl (C=O) groups excluding carboxylic acids is 2. The summed E-state index contributed by atoms with van der Waals surface area (Å²) in [5.74, 6) is 0.101. The number of sulfonamides is 1. The van der Waals surface area contributed by atoms with Crippen molar-refractivity contribution >= 4 is 27.5 Å². The van der Waals surface area contributed by atoms with E-state index >= 15 is 0 Å². The molecule has 0 aliphatic heterocycles. The van der Waals surface area contributed by atoms with Crippen molar-refractivity contribution in [2.75, 3.05) is 31.6 Å². The molecule has 9 nitrogen and oxygen atoms in total. The molecular formula is C32H41N3O6S. The minimum Gasteiger partial charge on any atom is -0.493 e. The molecule has 0 bridgehead atoms. The molecule has 0 saturated heterocycles. The second-order valence-corrected chi connectivity index (χ2v) is 12.5. The van der Waals surface area contributed by atoms with Gasteiger partial charge in [0.2, 0.25) is 11.8 Å². The molecule has 3 rings (SSSR count). The van der Waals surface area contributed by atoms with E-state index in [0.29, 0.717) is 18.0 Å². The van der Waals surface area contributed by atoms with Gasteiger partial charge in [-0.25, -0.2) is 8.42 Å². The highest BCUT2D eigenvalue weighted by Crippen LogP contribution is 2.34. The highest BCUT2D eigenvalue weighted by molar-refractivity contribution is 7.92. The number of methoxy groups -OCH3 is 2. The maximum absolute atomic E-state index is 14.1. The smallest absolute Gasteiger partial charge is 0.264 e.